The zero-order chi connectivity index (χ0) is 22.4. The van der Waals surface area contributed by atoms with Crippen LogP contribution in [0.4, 0.5) is 0 Å². The molecule has 0 heterocycles. The first kappa shape index (κ1) is 22.5. The molecule has 3 rings (SSSR count). The number of carbonyl (C=O) groups excluding carboxylic acids is 2. The molecule has 31 heavy (non-hydrogen) atoms. The van der Waals surface area contributed by atoms with E-state index in [0.717, 1.165) is 28.5 Å². The summed E-state index contributed by atoms with van der Waals surface area (Å²) in [5.74, 6) is 0.861. The van der Waals surface area contributed by atoms with Crippen LogP contribution in [0.5, 0.6) is 5.75 Å². The maximum absolute atomic E-state index is 13.2. The van der Waals surface area contributed by atoms with E-state index in [1.54, 1.807) is 7.11 Å². The molecule has 162 valence electrons. The molecule has 4 nitrogen and oxygen atoms in total. The van der Waals surface area contributed by atoms with E-state index < -0.39 is 0 Å². The van der Waals surface area contributed by atoms with Gasteiger partial charge >= 0.3 is 0 Å². The molecule has 0 aliphatic carbocycles. The first-order valence-electron chi connectivity index (χ1n) is 10.9. The van der Waals surface area contributed by atoms with Crippen molar-refractivity contribution < 1.29 is 14.3 Å². The molecule has 0 aromatic heterocycles. The van der Waals surface area contributed by atoms with Crippen LogP contribution in [0, 0.1) is 5.92 Å². The molecule has 1 unspecified atom stereocenters. The summed E-state index contributed by atoms with van der Waals surface area (Å²) in [6, 6.07) is 18.8. The Balaban J connectivity index is 2.07. The van der Waals surface area contributed by atoms with Gasteiger partial charge in [-0.15, -0.1) is 0 Å². The molecule has 4 heteroatoms. The number of methoxy groups -OCH3 is 1. The summed E-state index contributed by atoms with van der Waals surface area (Å²) in [6.45, 7) is 6.94. The number of fused-ring (bicyclic) bond motifs is 1. The molecular weight excluding hydrogens is 386 g/mol. The van der Waals surface area contributed by atoms with Gasteiger partial charge in [0.2, 0.25) is 5.91 Å². The molecule has 0 bridgehead atoms. The Bertz CT molecular complexity index is 1060. The van der Waals surface area contributed by atoms with Crippen LogP contribution < -0.4 is 10.1 Å². The number of carbonyl (C=O) groups is 2. The summed E-state index contributed by atoms with van der Waals surface area (Å²) < 4.78 is 5.42. The molecule has 0 aliphatic heterocycles. The van der Waals surface area contributed by atoms with Crippen LogP contribution in [0.2, 0.25) is 0 Å². The third kappa shape index (κ3) is 5.32. The van der Waals surface area contributed by atoms with E-state index in [4.69, 9.17) is 4.74 Å². The van der Waals surface area contributed by atoms with Crippen LogP contribution in [0.1, 0.15) is 61.0 Å². The van der Waals surface area contributed by atoms with Gasteiger partial charge < -0.3 is 10.1 Å². The number of ketones is 1. The summed E-state index contributed by atoms with van der Waals surface area (Å²) in [5, 5.41) is 4.94. The number of benzene rings is 3. The van der Waals surface area contributed by atoms with Crippen LogP contribution in [-0.4, -0.2) is 25.3 Å². The lowest BCUT2D eigenvalue weighted by atomic mass is 9.87. The predicted octanol–water partition coefficient (Wildman–Crippen LogP) is 5.74. The van der Waals surface area contributed by atoms with Crippen LogP contribution in [0.25, 0.3) is 10.8 Å². The fourth-order valence-electron chi connectivity index (χ4n) is 3.82. The number of hydrogen-bond donors (Lipinski definition) is 1. The van der Waals surface area contributed by atoms with Crippen molar-refractivity contribution in [2.75, 3.05) is 13.7 Å². The minimum atomic E-state index is -0.342. The number of rotatable bonds is 9. The second kappa shape index (κ2) is 10.3. The van der Waals surface area contributed by atoms with Crippen molar-refractivity contribution in [3.8, 4) is 5.75 Å². The average molecular weight is 418 g/mol. The highest BCUT2D eigenvalue weighted by molar-refractivity contribution is 6.11. The Morgan fingerprint density at radius 3 is 2.35 bits per heavy atom. The number of ether oxygens (including phenoxy) is 1. The molecule has 3 aromatic rings. The van der Waals surface area contributed by atoms with Gasteiger partial charge in [0.1, 0.15) is 5.75 Å². The largest absolute Gasteiger partial charge is 0.497 e. The van der Waals surface area contributed by atoms with Crippen molar-refractivity contribution >= 4 is 22.5 Å². The maximum atomic E-state index is 13.2. The van der Waals surface area contributed by atoms with Gasteiger partial charge in [0.15, 0.2) is 5.78 Å². The Kier molecular flexibility index (Phi) is 7.45. The molecule has 0 spiro atoms. The summed E-state index contributed by atoms with van der Waals surface area (Å²) in [4.78, 5) is 26.2. The SMILES string of the molecule is CCC(C(=O)NCCC(C)C)c1cc(C(=O)c2ccccc2)cc2ccc(OC)cc12. The van der Waals surface area contributed by atoms with Crippen LogP contribution >= 0.6 is 0 Å². The van der Waals surface area contributed by atoms with Gasteiger partial charge in [-0.3, -0.25) is 9.59 Å². The second-order valence-electron chi connectivity index (χ2n) is 8.28. The molecule has 0 saturated heterocycles. The minimum Gasteiger partial charge on any atom is -0.497 e. The quantitative estimate of drug-likeness (QED) is 0.452. The van der Waals surface area contributed by atoms with Crippen molar-refractivity contribution in [3.63, 3.8) is 0 Å². The van der Waals surface area contributed by atoms with Crippen molar-refractivity contribution in [2.45, 2.75) is 39.5 Å². The normalized spacial score (nSPS) is 12.0. The van der Waals surface area contributed by atoms with Gasteiger partial charge in [0.05, 0.1) is 13.0 Å². The summed E-state index contributed by atoms with van der Waals surface area (Å²) >= 11 is 0. The summed E-state index contributed by atoms with van der Waals surface area (Å²) in [7, 11) is 1.63. The molecule has 3 aromatic carbocycles. The number of hydrogen-bond acceptors (Lipinski definition) is 3. The van der Waals surface area contributed by atoms with Crippen molar-refractivity contribution in [1.29, 1.82) is 0 Å². The lowest BCUT2D eigenvalue weighted by molar-refractivity contribution is -0.122. The van der Waals surface area contributed by atoms with Crippen molar-refractivity contribution in [2.24, 2.45) is 5.92 Å². The Morgan fingerprint density at radius 1 is 0.968 bits per heavy atom. The predicted molar refractivity (Wildman–Crippen MR) is 126 cm³/mol. The summed E-state index contributed by atoms with van der Waals surface area (Å²) in [6.07, 6.45) is 1.58. The molecule has 0 saturated carbocycles. The van der Waals surface area contributed by atoms with E-state index in [2.05, 4.69) is 19.2 Å². The van der Waals surface area contributed by atoms with Crippen LogP contribution in [-0.2, 0) is 4.79 Å². The lowest BCUT2D eigenvalue weighted by Gasteiger charge is -2.20. The zero-order valence-electron chi connectivity index (χ0n) is 18.8. The monoisotopic (exact) mass is 417 g/mol. The molecule has 0 aliphatic rings. The third-order valence-electron chi connectivity index (χ3n) is 5.61. The first-order chi connectivity index (χ1) is 14.9. The molecular formula is C27H31NO3. The zero-order valence-corrected chi connectivity index (χ0v) is 18.8. The second-order valence-corrected chi connectivity index (χ2v) is 8.28. The van der Waals surface area contributed by atoms with E-state index in [0.29, 0.717) is 30.0 Å². The fourth-order valence-corrected chi connectivity index (χ4v) is 3.82. The molecule has 1 N–H and O–H groups in total. The maximum Gasteiger partial charge on any atom is 0.227 e. The van der Waals surface area contributed by atoms with Crippen LogP contribution in [0.15, 0.2) is 60.7 Å². The van der Waals surface area contributed by atoms with Crippen molar-refractivity contribution in [3.05, 3.63) is 77.4 Å². The van der Waals surface area contributed by atoms with Gasteiger partial charge in [0.25, 0.3) is 0 Å². The smallest absolute Gasteiger partial charge is 0.227 e. The van der Waals surface area contributed by atoms with Crippen LogP contribution in [0.3, 0.4) is 0 Å². The van der Waals surface area contributed by atoms with Gasteiger partial charge in [-0.05, 0) is 59.4 Å². The topological polar surface area (TPSA) is 55.4 Å². The highest BCUT2D eigenvalue weighted by Crippen LogP contribution is 2.33. The highest BCUT2D eigenvalue weighted by atomic mass is 16.5. The standard InChI is InChI=1S/C27H31NO3/c1-5-23(27(30)28-14-13-18(2)3)25-16-21(26(29)19-9-7-6-8-10-19)15-20-11-12-22(31-4)17-24(20)25/h6-12,15-18,23H,5,13-14H2,1-4H3,(H,28,30). The molecule has 0 fully saturated rings. The van der Waals surface area contributed by atoms with Gasteiger partial charge in [-0.2, -0.15) is 0 Å². The van der Waals surface area contributed by atoms with Gasteiger partial charge in [-0.25, -0.2) is 0 Å². The average Bonchev–Trinajstić information content (AvgIpc) is 2.78. The molecule has 1 amide bonds. The third-order valence-corrected chi connectivity index (χ3v) is 5.61. The molecule has 0 radical (unpaired) electrons. The Hall–Kier alpha value is -3.14. The summed E-state index contributed by atoms with van der Waals surface area (Å²) in [5.41, 5.74) is 2.09. The first-order valence-corrected chi connectivity index (χ1v) is 10.9. The Morgan fingerprint density at radius 2 is 1.71 bits per heavy atom. The fraction of sp³-hybridized carbons (Fsp3) is 0.333. The highest BCUT2D eigenvalue weighted by Gasteiger charge is 2.23. The van der Waals surface area contributed by atoms with Crippen molar-refractivity contribution in [1.82, 2.24) is 5.32 Å². The van der Waals surface area contributed by atoms with E-state index >= 15 is 0 Å². The van der Waals surface area contributed by atoms with E-state index in [1.165, 1.54) is 0 Å². The minimum absolute atomic E-state index is 0.00317. The van der Waals surface area contributed by atoms with E-state index in [-0.39, 0.29) is 17.6 Å². The van der Waals surface area contributed by atoms with Gasteiger partial charge in [0, 0.05) is 17.7 Å². The number of nitrogens with one attached hydrogen (secondary N) is 1. The Labute approximate surface area is 184 Å². The lowest BCUT2D eigenvalue weighted by Crippen LogP contribution is -2.30. The van der Waals surface area contributed by atoms with Gasteiger partial charge in [-0.1, -0.05) is 57.2 Å². The number of amides is 1. The molecule has 1 atom stereocenters. The van der Waals surface area contributed by atoms with E-state index in [1.807, 2.05) is 67.6 Å². The van der Waals surface area contributed by atoms with E-state index in [9.17, 15) is 9.59 Å².